The molecule has 3 unspecified atom stereocenters. The van der Waals surface area contributed by atoms with Gasteiger partial charge in [0.25, 0.3) is 0 Å². The van der Waals surface area contributed by atoms with Gasteiger partial charge in [0.1, 0.15) is 0 Å². The minimum Gasteiger partial charge on any atom is -0.326 e. The molecule has 0 amide bonds. The van der Waals surface area contributed by atoms with Gasteiger partial charge in [-0.05, 0) is 50.8 Å². The number of rotatable bonds is 4. The molecule has 2 rings (SSSR count). The van der Waals surface area contributed by atoms with Gasteiger partial charge in [-0.25, -0.2) is 0 Å². The summed E-state index contributed by atoms with van der Waals surface area (Å²) in [6, 6.07) is 5.19. The molecular formula is C15H26N2S. The molecule has 1 aliphatic rings. The van der Waals surface area contributed by atoms with Gasteiger partial charge in [0.2, 0.25) is 0 Å². The van der Waals surface area contributed by atoms with Crippen LogP contribution in [-0.2, 0) is 0 Å². The molecule has 0 saturated carbocycles. The van der Waals surface area contributed by atoms with E-state index in [1.807, 2.05) is 11.3 Å². The van der Waals surface area contributed by atoms with Gasteiger partial charge < -0.3 is 5.73 Å². The van der Waals surface area contributed by atoms with Crippen LogP contribution in [0, 0.1) is 12.8 Å². The van der Waals surface area contributed by atoms with Crippen molar-refractivity contribution in [2.75, 3.05) is 13.1 Å². The number of nitrogens with two attached hydrogens (primary N) is 1. The van der Waals surface area contributed by atoms with Gasteiger partial charge in [-0.3, -0.25) is 4.90 Å². The monoisotopic (exact) mass is 266 g/mol. The smallest absolute Gasteiger partial charge is 0.0593 e. The zero-order chi connectivity index (χ0) is 13.1. The maximum atomic E-state index is 6.40. The molecule has 0 bridgehead atoms. The van der Waals surface area contributed by atoms with E-state index in [-0.39, 0.29) is 6.04 Å². The summed E-state index contributed by atoms with van der Waals surface area (Å²) in [6.45, 7) is 9.16. The lowest BCUT2D eigenvalue weighted by atomic mass is 9.95. The van der Waals surface area contributed by atoms with Gasteiger partial charge in [0.15, 0.2) is 0 Å². The summed E-state index contributed by atoms with van der Waals surface area (Å²) >= 11 is 1.91. The third-order valence-corrected chi connectivity index (χ3v) is 5.08. The van der Waals surface area contributed by atoms with E-state index in [1.165, 1.54) is 35.7 Å². The summed E-state index contributed by atoms with van der Waals surface area (Å²) in [5.41, 5.74) is 6.40. The quantitative estimate of drug-likeness (QED) is 0.903. The Morgan fingerprint density at radius 2 is 2.28 bits per heavy atom. The minimum absolute atomic E-state index is 0.258. The van der Waals surface area contributed by atoms with Crippen LogP contribution in [0.5, 0.6) is 0 Å². The van der Waals surface area contributed by atoms with Crippen molar-refractivity contribution in [3.63, 3.8) is 0 Å². The molecule has 1 saturated heterocycles. The van der Waals surface area contributed by atoms with Gasteiger partial charge in [-0.1, -0.05) is 13.8 Å². The first-order valence-corrected chi connectivity index (χ1v) is 7.99. The fraction of sp³-hybridized carbons (Fsp3) is 0.733. The average molecular weight is 266 g/mol. The fourth-order valence-electron chi connectivity index (χ4n) is 2.98. The molecule has 3 heteroatoms. The van der Waals surface area contributed by atoms with Crippen LogP contribution in [0.15, 0.2) is 12.1 Å². The highest BCUT2D eigenvalue weighted by Gasteiger charge is 2.29. The van der Waals surface area contributed by atoms with Crippen LogP contribution >= 0.6 is 11.3 Å². The van der Waals surface area contributed by atoms with Crippen LogP contribution in [0.4, 0.5) is 0 Å². The molecule has 1 aromatic heterocycles. The number of aryl methyl sites for hydroxylation is 1. The molecule has 1 aromatic rings. The summed E-state index contributed by atoms with van der Waals surface area (Å²) < 4.78 is 0. The molecule has 18 heavy (non-hydrogen) atoms. The summed E-state index contributed by atoms with van der Waals surface area (Å²) in [4.78, 5) is 5.47. The first kappa shape index (κ1) is 14.0. The topological polar surface area (TPSA) is 29.3 Å². The number of likely N-dealkylation sites (tertiary alicyclic amines) is 1. The minimum atomic E-state index is 0.258. The zero-order valence-corrected chi connectivity index (χ0v) is 12.7. The number of hydrogen-bond donors (Lipinski definition) is 1. The van der Waals surface area contributed by atoms with Crippen molar-refractivity contribution >= 4 is 11.3 Å². The highest BCUT2D eigenvalue weighted by atomic mass is 32.1. The second kappa shape index (κ2) is 6.18. The predicted octanol–water partition coefficient (Wildman–Crippen LogP) is 3.57. The van der Waals surface area contributed by atoms with E-state index in [4.69, 9.17) is 5.73 Å². The molecule has 2 heterocycles. The lowest BCUT2D eigenvalue weighted by Crippen LogP contribution is -2.44. The average Bonchev–Trinajstić information content (AvgIpc) is 2.76. The Hall–Kier alpha value is -0.380. The van der Waals surface area contributed by atoms with Gasteiger partial charge in [0, 0.05) is 22.3 Å². The molecule has 1 aliphatic heterocycles. The first-order valence-electron chi connectivity index (χ1n) is 7.17. The lowest BCUT2D eigenvalue weighted by molar-refractivity contribution is 0.113. The van der Waals surface area contributed by atoms with Gasteiger partial charge in [0.05, 0.1) is 6.04 Å². The molecule has 0 aromatic carbocycles. The first-order chi connectivity index (χ1) is 8.61. The van der Waals surface area contributed by atoms with Crippen molar-refractivity contribution in [2.24, 2.45) is 11.7 Å². The van der Waals surface area contributed by atoms with Crippen molar-refractivity contribution < 1.29 is 0 Å². The van der Waals surface area contributed by atoms with E-state index in [9.17, 15) is 0 Å². The molecule has 0 radical (unpaired) electrons. The summed E-state index contributed by atoms with van der Waals surface area (Å²) in [7, 11) is 0. The Morgan fingerprint density at radius 1 is 1.50 bits per heavy atom. The normalized spacial score (nSPS) is 25.0. The number of nitrogens with zero attached hydrogens (tertiary/aromatic N) is 1. The molecule has 102 valence electrons. The largest absolute Gasteiger partial charge is 0.326 e. The molecule has 2 N–H and O–H groups in total. The van der Waals surface area contributed by atoms with Gasteiger partial charge in [-0.2, -0.15) is 0 Å². The molecule has 1 fully saturated rings. The second-order valence-corrected chi connectivity index (χ2v) is 7.03. The van der Waals surface area contributed by atoms with Crippen LogP contribution in [0.3, 0.4) is 0 Å². The second-order valence-electron chi connectivity index (χ2n) is 5.71. The Balaban J connectivity index is 2.19. The van der Waals surface area contributed by atoms with Crippen molar-refractivity contribution in [3.05, 3.63) is 21.9 Å². The summed E-state index contributed by atoms with van der Waals surface area (Å²) in [6.07, 6.45) is 3.74. The Morgan fingerprint density at radius 3 is 2.83 bits per heavy atom. The Labute approximate surface area is 115 Å². The molecule has 2 nitrogen and oxygen atoms in total. The molecule has 3 atom stereocenters. The van der Waals surface area contributed by atoms with Crippen molar-refractivity contribution in [2.45, 2.75) is 52.1 Å². The number of piperidine rings is 1. The molecular weight excluding hydrogens is 240 g/mol. The van der Waals surface area contributed by atoms with E-state index in [1.54, 1.807) is 0 Å². The van der Waals surface area contributed by atoms with E-state index in [0.29, 0.717) is 6.04 Å². The molecule has 0 spiro atoms. The van der Waals surface area contributed by atoms with E-state index >= 15 is 0 Å². The molecule has 0 aliphatic carbocycles. The fourth-order valence-corrected chi connectivity index (χ4v) is 4.06. The Bertz CT molecular complexity index is 374. The van der Waals surface area contributed by atoms with E-state index in [0.717, 1.165) is 12.3 Å². The number of hydrogen-bond acceptors (Lipinski definition) is 3. The SMILES string of the molecule is CCC(N)C(c1ccc(C)s1)N1CCCC(C)C1. The highest BCUT2D eigenvalue weighted by Crippen LogP contribution is 2.33. The van der Waals surface area contributed by atoms with Gasteiger partial charge in [-0.15, -0.1) is 11.3 Å². The predicted molar refractivity (Wildman–Crippen MR) is 80.0 cm³/mol. The van der Waals surface area contributed by atoms with Crippen molar-refractivity contribution in [1.82, 2.24) is 4.90 Å². The third kappa shape index (κ3) is 3.14. The summed E-state index contributed by atoms with van der Waals surface area (Å²) in [5.74, 6) is 0.811. The van der Waals surface area contributed by atoms with E-state index in [2.05, 4.69) is 37.8 Å². The third-order valence-electron chi connectivity index (χ3n) is 4.01. The van der Waals surface area contributed by atoms with Crippen LogP contribution in [0.1, 0.15) is 48.9 Å². The number of thiophene rings is 1. The van der Waals surface area contributed by atoms with E-state index < -0.39 is 0 Å². The maximum absolute atomic E-state index is 6.40. The Kier molecular flexibility index (Phi) is 4.82. The van der Waals surface area contributed by atoms with Crippen LogP contribution in [0.25, 0.3) is 0 Å². The summed E-state index contributed by atoms with van der Waals surface area (Å²) in [5, 5.41) is 0. The lowest BCUT2D eigenvalue weighted by Gasteiger charge is -2.39. The van der Waals surface area contributed by atoms with Gasteiger partial charge >= 0.3 is 0 Å². The standard InChI is InChI=1S/C15H26N2S/c1-4-13(16)15(14-8-7-12(3)18-14)17-9-5-6-11(2)10-17/h7-8,11,13,15H,4-6,9-10,16H2,1-3H3. The van der Waals surface area contributed by atoms with Crippen LogP contribution in [0.2, 0.25) is 0 Å². The zero-order valence-electron chi connectivity index (χ0n) is 11.9. The highest BCUT2D eigenvalue weighted by molar-refractivity contribution is 7.12. The van der Waals surface area contributed by atoms with Crippen LogP contribution in [-0.4, -0.2) is 24.0 Å². The van der Waals surface area contributed by atoms with Crippen LogP contribution < -0.4 is 5.73 Å². The van der Waals surface area contributed by atoms with Crippen molar-refractivity contribution in [3.8, 4) is 0 Å². The van der Waals surface area contributed by atoms with Crippen molar-refractivity contribution in [1.29, 1.82) is 0 Å². The maximum Gasteiger partial charge on any atom is 0.0593 e.